The molecule has 0 saturated heterocycles. The van der Waals surface area contributed by atoms with E-state index in [2.05, 4.69) is 5.92 Å². The molecule has 0 aromatic heterocycles. The van der Waals surface area contributed by atoms with Crippen molar-refractivity contribution >= 4 is 11.6 Å². The van der Waals surface area contributed by atoms with E-state index < -0.39 is 0 Å². The third-order valence-corrected chi connectivity index (χ3v) is 1.45. The number of rotatable bonds is 5. The van der Waals surface area contributed by atoms with Gasteiger partial charge in [0.15, 0.2) is 0 Å². The largest absolute Gasteiger partial charge is 0.127 e. The molecular weight excluding hydrogens is 132 g/mol. The van der Waals surface area contributed by atoms with Crippen LogP contribution in [-0.2, 0) is 0 Å². The zero-order valence-corrected chi connectivity index (χ0v) is 6.38. The van der Waals surface area contributed by atoms with Crippen LogP contribution in [0, 0.1) is 12.3 Å². The number of hydrogen-bond acceptors (Lipinski definition) is 0. The van der Waals surface area contributed by atoms with Crippen molar-refractivity contribution < 1.29 is 0 Å². The van der Waals surface area contributed by atoms with Crippen LogP contribution in [0.2, 0.25) is 0 Å². The van der Waals surface area contributed by atoms with E-state index in [0.29, 0.717) is 0 Å². The molecule has 0 rings (SSSR count). The first kappa shape index (κ1) is 8.85. The Balaban J connectivity index is 2.69. The molecule has 0 fully saturated rings. The van der Waals surface area contributed by atoms with E-state index in [1.165, 1.54) is 12.8 Å². The quantitative estimate of drug-likeness (QED) is 0.316. The Morgan fingerprint density at radius 2 is 1.78 bits per heavy atom. The number of alkyl halides is 1. The van der Waals surface area contributed by atoms with Crippen molar-refractivity contribution in [3.63, 3.8) is 0 Å². The SMILES string of the molecule is [C]#CCCCCCCCl. The average molecular weight is 144 g/mol. The summed E-state index contributed by atoms with van der Waals surface area (Å²) in [6, 6.07) is 0. The molecule has 0 bridgehead atoms. The lowest BCUT2D eigenvalue weighted by molar-refractivity contribution is 0.682. The van der Waals surface area contributed by atoms with Crippen molar-refractivity contribution in [1.82, 2.24) is 0 Å². The summed E-state index contributed by atoms with van der Waals surface area (Å²) in [5, 5.41) is 0. The van der Waals surface area contributed by atoms with Gasteiger partial charge in [-0.3, -0.25) is 0 Å². The molecule has 0 nitrogen and oxygen atoms in total. The molecule has 0 spiro atoms. The van der Waals surface area contributed by atoms with Crippen LogP contribution >= 0.6 is 11.6 Å². The molecule has 1 heteroatoms. The summed E-state index contributed by atoms with van der Waals surface area (Å²) in [6.45, 7) is 0. The minimum atomic E-state index is 0.772. The lowest BCUT2D eigenvalue weighted by Gasteiger charge is -1.92. The van der Waals surface area contributed by atoms with Crippen molar-refractivity contribution in [2.24, 2.45) is 0 Å². The summed E-state index contributed by atoms with van der Waals surface area (Å²) in [5.74, 6) is 3.13. The highest BCUT2D eigenvalue weighted by molar-refractivity contribution is 6.17. The Bertz CT molecular complexity index is 81.1. The molecule has 0 saturated carbocycles. The van der Waals surface area contributed by atoms with Gasteiger partial charge >= 0.3 is 0 Å². The van der Waals surface area contributed by atoms with Crippen molar-refractivity contribution in [2.45, 2.75) is 32.1 Å². The van der Waals surface area contributed by atoms with E-state index in [-0.39, 0.29) is 0 Å². The van der Waals surface area contributed by atoms with E-state index >= 15 is 0 Å². The van der Waals surface area contributed by atoms with E-state index in [1.54, 1.807) is 0 Å². The lowest BCUT2D eigenvalue weighted by Crippen LogP contribution is -1.77. The molecule has 1 radical (unpaired) electrons. The summed E-state index contributed by atoms with van der Waals surface area (Å²) >= 11 is 5.46. The molecule has 9 heavy (non-hydrogen) atoms. The smallest absolute Gasteiger partial charge is 0.0223 e. The Labute approximate surface area is 62.6 Å². The molecule has 0 unspecified atom stereocenters. The number of halogens is 1. The molecule has 0 N–H and O–H groups in total. The molecular formula is C8H12Cl. The topological polar surface area (TPSA) is 0 Å². The highest BCUT2D eigenvalue weighted by Gasteiger charge is 1.85. The van der Waals surface area contributed by atoms with E-state index in [9.17, 15) is 0 Å². The van der Waals surface area contributed by atoms with Crippen LogP contribution in [0.4, 0.5) is 0 Å². The van der Waals surface area contributed by atoms with Gasteiger partial charge in [-0.15, -0.1) is 11.6 Å². The van der Waals surface area contributed by atoms with Crippen molar-refractivity contribution in [3.05, 3.63) is 6.42 Å². The summed E-state index contributed by atoms with van der Waals surface area (Å²) < 4.78 is 0. The molecule has 0 aromatic carbocycles. The minimum Gasteiger partial charge on any atom is -0.127 e. The van der Waals surface area contributed by atoms with Gasteiger partial charge in [0.2, 0.25) is 0 Å². The fraction of sp³-hybridized carbons (Fsp3) is 0.750. The van der Waals surface area contributed by atoms with Gasteiger partial charge in [0.05, 0.1) is 0 Å². The van der Waals surface area contributed by atoms with Gasteiger partial charge in [-0.25, -0.2) is 0 Å². The van der Waals surface area contributed by atoms with E-state index in [1.807, 2.05) is 0 Å². The van der Waals surface area contributed by atoms with Crippen LogP contribution < -0.4 is 0 Å². The predicted molar refractivity (Wildman–Crippen MR) is 40.9 cm³/mol. The second kappa shape index (κ2) is 7.85. The standard InChI is InChI=1S/C8H12Cl/c1-2-3-4-5-6-7-8-9/h3-8H2. The Morgan fingerprint density at radius 3 is 2.33 bits per heavy atom. The average Bonchev–Trinajstić information content (AvgIpc) is 1.89. The highest BCUT2D eigenvalue weighted by Crippen LogP contribution is 2.02. The van der Waals surface area contributed by atoms with Crippen LogP contribution in [0.5, 0.6) is 0 Å². The third kappa shape index (κ3) is 7.85. The van der Waals surface area contributed by atoms with Gasteiger partial charge in [0.25, 0.3) is 0 Å². The first-order chi connectivity index (χ1) is 4.41. The summed E-state index contributed by atoms with van der Waals surface area (Å²) in [7, 11) is 0. The van der Waals surface area contributed by atoms with Crippen molar-refractivity contribution in [3.8, 4) is 5.92 Å². The van der Waals surface area contributed by atoms with Crippen LogP contribution in [0.1, 0.15) is 32.1 Å². The first-order valence-corrected chi connectivity index (χ1v) is 3.91. The summed E-state index contributed by atoms with van der Waals surface area (Å²) in [6.07, 6.45) is 12.0. The predicted octanol–water partition coefficient (Wildman–Crippen LogP) is 2.77. The maximum Gasteiger partial charge on any atom is 0.0223 e. The lowest BCUT2D eigenvalue weighted by atomic mass is 10.2. The van der Waals surface area contributed by atoms with Gasteiger partial charge in [-0.1, -0.05) is 18.8 Å². The molecule has 0 atom stereocenters. The molecule has 0 aromatic rings. The Morgan fingerprint density at radius 1 is 1.11 bits per heavy atom. The fourth-order valence-electron chi connectivity index (χ4n) is 0.661. The maximum atomic E-state index is 6.61. The molecule has 51 valence electrons. The monoisotopic (exact) mass is 143 g/mol. The number of unbranched alkanes of at least 4 members (excludes halogenated alkanes) is 4. The van der Waals surface area contributed by atoms with Gasteiger partial charge in [0, 0.05) is 12.3 Å². The normalized spacial score (nSPS) is 8.89. The molecule has 0 aliphatic rings. The third-order valence-electron chi connectivity index (χ3n) is 1.19. The van der Waals surface area contributed by atoms with Crippen LogP contribution in [0.15, 0.2) is 0 Å². The van der Waals surface area contributed by atoms with Crippen molar-refractivity contribution in [2.75, 3.05) is 5.88 Å². The number of hydrogen-bond donors (Lipinski definition) is 0. The van der Waals surface area contributed by atoms with Gasteiger partial charge < -0.3 is 0 Å². The van der Waals surface area contributed by atoms with Crippen LogP contribution in [-0.4, -0.2) is 5.88 Å². The second-order valence-corrected chi connectivity index (χ2v) is 2.41. The molecule has 0 amide bonds. The Hall–Kier alpha value is -0.150. The van der Waals surface area contributed by atoms with Gasteiger partial charge in [-0.05, 0) is 19.3 Å². The molecule has 0 aliphatic heterocycles. The Kier molecular flexibility index (Phi) is 7.72. The molecule has 0 heterocycles. The summed E-state index contributed by atoms with van der Waals surface area (Å²) in [5.41, 5.74) is 0. The molecule has 0 aliphatic carbocycles. The van der Waals surface area contributed by atoms with Crippen LogP contribution in [0.25, 0.3) is 0 Å². The van der Waals surface area contributed by atoms with Crippen LogP contribution in [0.3, 0.4) is 0 Å². The van der Waals surface area contributed by atoms with Gasteiger partial charge in [-0.2, -0.15) is 0 Å². The maximum absolute atomic E-state index is 6.61. The van der Waals surface area contributed by atoms with Gasteiger partial charge in [0.1, 0.15) is 0 Å². The van der Waals surface area contributed by atoms with E-state index in [0.717, 1.165) is 25.1 Å². The zero-order chi connectivity index (χ0) is 6.95. The highest BCUT2D eigenvalue weighted by atomic mass is 35.5. The fourth-order valence-corrected chi connectivity index (χ4v) is 0.850. The zero-order valence-electron chi connectivity index (χ0n) is 5.62. The van der Waals surface area contributed by atoms with E-state index in [4.69, 9.17) is 18.0 Å². The minimum absolute atomic E-state index is 0.772. The summed E-state index contributed by atoms with van der Waals surface area (Å²) in [4.78, 5) is 0. The van der Waals surface area contributed by atoms with Crippen molar-refractivity contribution in [1.29, 1.82) is 0 Å². The second-order valence-electron chi connectivity index (χ2n) is 2.03. The first-order valence-electron chi connectivity index (χ1n) is 3.37.